The molecular formula is C24H34O2Si2. The quantitative estimate of drug-likeness (QED) is 0.419. The van der Waals surface area contributed by atoms with Gasteiger partial charge in [0.25, 0.3) is 0 Å². The predicted octanol–water partition coefficient (Wildman–Crippen LogP) is 6.15. The SMILES string of the molecule is C[Si](C)(C)/C=C/C(C[Si](C)(C)C)C(O)(C(=O)c1ccccc1)c1ccccc1. The fraction of sp³-hybridized carbons (Fsp3) is 0.375. The molecule has 0 radical (unpaired) electrons. The molecule has 1 N–H and O–H groups in total. The number of aliphatic hydroxyl groups is 1. The maximum absolute atomic E-state index is 13.7. The molecule has 0 aromatic heterocycles. The van der Waals surface area contributed by atoms with Gasteiger partial charge in [0.2, 0.25) is 0 Å². The summed E-state index contributed by atoms with van der Waals surface area (Å²) >= 11 is 0. The van der Waals surface area contributed by atoms with E-state index in [1.807, 2.05) is 48.5 Å². The molecule has 0 fully saturated rings. The largest absolute Gasteiger partial charge is 0.376 e. The fourth-order valence-corrected chi connectivity index (χ4v) is 6.00. The van der Waals surface area contributed by atoms with Gasteiger partial charge in [-0.25, -0.2) is 0 Å². The average Bonchev–Trinajstić information content (AvgIpc) is 2.63. The van der Waals surface area contributed by atoms with Crippen molar-refractivity contribution in [3.8, 4) is 0 Å². The Morgan fingerprint density at radius 1 is 0.929 bits per heavy atom. The molecule has 2 aromatic rings. The highest BCUT2D eigenvalue weighted by molar-refractivity contribution is 6.81. The topological polar surface area (TPSA) is 37.3 Å². The van der Waals surface area contributed by atoms with E-state index in [1.54, 1.807) is 12.1 Å². The minimum Gasteiger partial charge on any atom is -0.376 e. The summed E-state index contributed by atoms with van der Waals surface area (Å²) in [7, 11) is -3.03. The molecule has 0 spiro atoms. The van der Waals surface area contributed by atoms with E-state index in [4.69, 9.17) is 0 Å². The Bertz CT molecular complexity index is 802. The molecule has 0 saturated heterocycles. The second-order valence-corrected chi connectivity index (χ2v) is 20.5. The van der Waals surface area contributed by atoms with Crippen LogP contribution >= 0.6 is 0 Å². The summed E-state index contributed by atoms with van der Waals surface area (Å²) in [6.07, 6.45) is 2.14. The van der Waals surface area contributed by atoms with Gasteiger partial charge >= 0.3 is 0 Å². The molecule has 28 heavy (non-hydrogen) atoms. The molecular weight excluding hydrogens is 376 g/mol. The van der Waals surface area contributed by atoms with Gasteiger partial charge in [0, 0.05) is 19.6 Å². The van der Waals surface area contributed by atoms with Gasteiger partial charge in [0.05, 0.1) is 8.07 Å². The van der Waals surface area contributed by atoms with E-state index in [0.717, 1.165) is 6.04 Å². The third-order valence-corrected chi connectivity index (χ3v) is 7.65. The van der Waals surface area contributed by atoms with Crippen LogP contribution < -0.4 is 0 Å². The highest BCUT2D eigenvalue weighted by Gasteiger charge is 2.46. The molecule has 0 aliphatic carbocycles. The van der Waals surface area contributed by atoms with Crippen LogP contribution in [0.25, 0.3) is 0 Å². The maximum Gasteiger partial charge on any atom is 0.199 e. The highest BCUT2D eigenvalue weighted by atomic mass is 28.3. The van der Waals surface area contributed by atoms with Gasteiger partial charge in [-0.15, -0.1) is 0 Å². The van der Waals surface area contributed by atoms with Crippen molar-refractivity contribution < 1.29 is 9.90 Å². The molecule has 4 heteroatoms. The minimum atomic E-state index is -1.57. The maximum atomic E-state index is 13.7. The Morgan fingerprint density at radius 3 is 1.89 bits per heavy atom. The lowest BCUT2D eigenvalue weighted by atomic mass is 9.76. The van der Waals surface area contributed by atoms with Crippen molar-refractivity contribution in [1.29, 1.82) is 0 Å². The molecule has 2 aromatic carbocycles. The Hall–Kier alpha value is -1.76. The molecule has 2 unspecified atom stereocenters. The van der Waals surface area contributed by atoms with Gasteiger partial charge in [-0.2, -0.15) is 0 Å². The van der Waals surface area contributed by atoms with Crippen LogP contribution in [-0.4, -0.2) is 27.0 Å². The van der Waals surface area contributed by atoms with Gasteiger partial charge in [-0.05, 0) is 11.6 Å². The molecule has 2 atom stereocenters. The van der Waals surface area contributed by atoms with Crippen molar-refractivity contribution in [3.63, 3.8) is 0 Å². The van der Waals surface area contributed by atoms with Crippen molar-refractivity contribution in [2.45, 2.75) is 50.9 Å². The van der Waals surface area contributed by atoms with Gasteiger partial charge in [0.15, 0.2) is 11.4 Å². The van der Waals surface area contributed by atoms with E-state index in [0.29, 0.717) is 11.1 Å². The Kier molecular flexibility index (Phi) is 7.02. The van der Waals surface area contributed by atoms with Crippen LogP contribution in [0.1, 0.15) is 15.9 Å². The smallest absolute Gasteiger partial charge is 0.199 e. The summed E-state index contributed by atoms with van der Waals surface area (Å²) in [5.74, 6) is -0.469. The molecule has 0 bridgehead atoms. The highest BCUT2D eigenvalue weighted by Crippen LogP contribution is 2.39. The van der Waals surface area contributed by atoms with Gasteiger partial charge in [-0.3, -0.25) is 4.79 Å². The summed E-state index contributed by atoms with van der Waals surface area (Å²) in [6.45, 7) is 13.7. The van der Waals surface area contributed by atoms with E-state index in [-0.39, 0.29) is 11.7 Å². The van der Waals surface area contributed by atoms with Crippen LogP contribution in [0.5, 0.6) is 0 Å². The van der Waals surface area contributed by atoms with Crippen LogP contribution in [0, 0.1) is 5.92 Å². The lowest BCUT2D eigenvalue weighted by Gasteiger charge is -2.37. The molecule has 2 rings (SSSR count). The van der Waals surface area contributed by atoms with Crippen molar-refractivity contribution in [2.75, 3.05) is 0 Å². The van der Waals surface area contributed by atoms with Gasteiger partial charge < -0.3 is 5.11 Å². The molecule has 0 saturated carbocycles. The standard InChI is InChI=1S/C24H34O2Si2/c1-27(2,3)18-17-22(19-28(4,5)6)24(26,21-15-11-8-12-16-21)23(25)20-13-9-7-10-14-20/h7-18,22,26H,19H2,1-6H3/b18-17+. The predicted molar refractivity (Wildman–Crippen MR) is 125 cm³/mol. The lowest BCUT2D eigenvalue weighted by Crippen LogP contribution is -2.45. The van der Waals surface area contributed by atoms with E-state index in [1.165, 1.54) is 0 Å². The van der Waals surface area contributed by atoms with E-state index < -0.39 is 21.7 Å². The summed E-state index contributed by atoms with van der Waals surface area (Å²) in [4.78, 5) is 13.7. The first-order valence-electron chi connectivity index (χ1n) is 10.0. The minimum absolute atomic E-state index is 0.220. The number of carbonyl (C=O) groups is 1. The molecule has 0 aliphatic rings. The van der Waals surface area contributed by atoms with Gasteiger partial charge in [0.1, 0.15) is 0 Å². The van der Waals surface area contributed by atoms with Crippen LogP contribution in [0.15, 0.2) is 72.4 Å². The monoisotopic (exact) mass is 410 g/mol. The number of rotatable bonds is 8. The second kappa shape index (κ2) is 8.72. The number of ketones is 1. The summed E-state index contributed by atoms with van der Waals surface area (Å²) in [5.41, 5.74) is 1.92. The number of benzene rings is 2. The number of hydrogen-bond acceptors (Lipinski definition) is 2. The first-order chi connectivity index (χ1) is 12.9. The number of hydrogen-bond donors (Lipinski definition) is 1. The van der Waals surface area contributed by atoms with Crippen LogP contribution in [0.3, 0.4) is 0 Å². The summed E-state index contributed by atoms with van der Waals surface area (Å²) < 4.78 is 0. The molecule has 0 heterocycles. The Labute approximate surface area is 172 Å². The van der Waals surface area contributed by atoms with Crippen LogP contribution in [0.4, 0.5) is 0 Å². The fourth-order valence-electron chi connectivity index (χ4n) is 3.43. The third-order valence-electron chi connectivity index (χ3n) is 4.79. The number of Topliss-reactive ketones (excluding diaryl/α,β-unsaturated/α-hetero) is 1. The first-order valence-corrected chi connectivity index (χ1v) is 17.3. The Morgan fingerprint density at radius 2 is 1.43 bits per heavy atom. The third kappa shape index (κ3) is 5.87. The molecule has 0 aliphatic heterocycles. The molecule has 150 valence electrons. The van der Waals surface area contributed by atoms with Crippen molar-refractivity contribution in [3.05, 3.63) is 83.6 Å². The van der Waals surface area contributed by atoms with Crippen molar-refractivity contribution >= 4 is 21.9 Å². The zero-order valence-electron chi connectivity index (χ0n) is 18.1. The van der Waals surface area contributed by atoms with E-state index in [2.05, 4.69) is 51.1 Å². The zero-order valence-corrected chi connectivity index (χ0v) is 20.1. The lowest BCUT2D eigenvalue weighted by molar-refractivity contribution is 0.00972. The van der Waals surface area contributed by atoms with Crippen LogP contribution in [-0.2, 0) is 5.60 Å². The summed E-state index contributed by atoms with van der Waals surface area (Å²) in [6, 6.07) is 19.5. The summed E-state index contributed by atoms with van der Waals surface area (Å²) in [5, 5.41) is 12.1. The normalized spacial score (nSPS) is 16.0. The first kappa shape index (κ1) is 22.5. The number of carbonyl (C=O) groups excluding carboxylic acids is 1. The van der Waals surface area contributed by atoms with Crippen LogP contribution in [0.2, 0.25) is 45.3 Å². The zero-order chi connectivity index (χ0) is 21.0. The van der Waals surface area contributed by atoms with Gasteiger partial charge in [-0.1, -0.05) is 112 Å². The van der Waals surface area contributed by atoms with Crippen molar-refractivity contribution in [1.82, 2.24) is 0 Å². The molecule has 2 nitrogen and oxygen atoms in total. The van der Waals surface area contributed by atoms with E-state index >= 15 is 0 Å². The second-order valence-electron chi connectivity index (χ2n) is 9.92. The van der Waals surface area contributed by atoms with E-state index in [9.17, 15) is 9.90 Å². The average molecular weight is 411 g/mol. The Balaban J connectivity index is 2.65. The molecule has 0 amide bonds. The van der Waals surface area contributed by atoms with Crippen molar-refractivity contribution in [2.24, 2.45) is 5.92 Å².